The Morgan fingerprint density at radius 3 is 2.50 bits per heavy atom. The predicted octanol–water partition coefficient (Wildman–Crippen LogP) is 2.08. The largest absolute Gasteiger partial charge is 0.506 e. The van der Waals surface area contributed by atoms with Crippen LogP contribution in [0.2, 0.25) is 0 Å². The van der Waals surface area contributed by atoms with Crippen LogP contribution in [0, 0.1) is 0 Å². The first-order valence-corrected chi connectivity index (χ1v) is 8.94. The number of amides is 1. The van der Waals surface area contributed by atoms with Gasteiger partial charge in [0.15, 0.2) is 0 Å². The van der Waals surface area contributed by atoms with Crippen LogP contribution in [-0.4, -0.2) is 52.7 Å². The predicted molar refractivity (Wildman–Crippen MR) is 108 cm³/mol. The molecule has 2 aromatic rings. The number of anilines is 1. The van der Waals surface area contributed by atoms with Crippen molar-refractivity contribution in [3.63, 3.8) is 0 Å². The summed E-state index contributed by atoms with van der Waals surface area (Å²) in [4.78, 5) is 18.4. The number of likely N-dealkylation sites (N-methyl/N-ethyl adjacent to an activating group) is 1. The fourth-order valence-corrected chi connectivity index (χ4v) is 3.10. The van der Waals surface area contributed by atoms with Crippen molar-refractivity contribution in [3.05, 3.63) is 70.8 Å². The monoisotopic (exact) mass is 380 g/mol. The van der Waals surface area contributed by atoms with Crippen LogP contribution in [-0.2, 0) is 0 Å². The van der Waals surface area contributed by atoms with Crippen LogP contribution in [0.15, 0.2) is 65.2 Å². The van der Waals surface area contributed by atoms with E-state index < -0.39 is 0 Å². The lowest BCUT2D eigenvalue weighted by Crippen LogP contribution is -2.34. The Labute approximate surface area is 163 Å². The number of aromatic nitrogens is 1. The van der Waals surface area contributed by atoms with E-state index in [0.29, 0.717) is 29.2 Å². The molecular weight excluding hydrogens is 356 g/mol. The second-order valence-electron chi connectivity index (χ2n) is 6.76. The third kappa shape index (κ3) is 3.99. The molecule has 7 heteroatoms. The molecule has 3 rings (SSSR count). The average Bonchev–Trinajstić information content (AvgIpc) is 2.71. The van der Waals surface area contributed by atoms with Crippen LogP contribution in [0.5, 0.6) is 0 Å². The van der Waals surface area contributed by atoms with E-state index >= 15 is 0 Å². The molecule has 1 aromatic carbocycles. The molecule has 5 N–H and O–H groups in total. The molecule has 28 heavy (non-hydrogen) atoms. The lowest BCUT2D eigenvalue weighted by molar-refractivity contribution is 0.0956. The number of hydrogen-bond acceptors (Lipinski definition) is 6. The van der Waals surface area contributed by atoms with Crippen molar-refractivity contribution in [1.82, 2.24) is 15.2 Å². The minimum absolute atomic E-state index is 0.0713. The molecule has 1 aromatic heterocycles. The van der Waals surface area contributed by atoms with Crippen molar-refractivity contribution in [2.24, 2.45) is 0 Å². The number of nitrogens with two attached hydrogens (primary N) is 1. The summed E-state index contributed by atoms with van der Waals surface area (Å²) in [6.45, 7) is 2.31. The maximum absolute atomic E-state index is 12.5. The first kappa shape index (κ1) is 19.4. The summed E-state index contributed by atoms with van der Waals surface area (Å²) in [5.41, 5.74) is 9.94. The van der Waals surface area contributed by atoms with E-state index in [9.17, 15) is 15.0 Å². The molecule has 0 aliphatic carbocycles. The Bertz CT molecular complexity index is 931. The lowest BCUT2D eigenvalue weighted by atomic mass is 10.0. The van der Waals surface area contributed by atoms with Crippen molar-refractivity contribution in [3.8, 4) is 11.1 Å². The van der Waals surface area contributed by atoms with Crippen LogP contribution >= 0.6 is 0 Å². The van der Waals surface area contributed by atoms with Crippen LogP contribution in [0.4, 0.5) is 5.82 Å². The minimum Gasteiger partial charge on any atom is -0.506 e. The Balaban J connectivity index is 1.70. The Morgan fingerprint density at radius 1 is 1.21 bits per heavy atom. The van der Waals surface area contributed by atoms with Gasteiger partial charge >= 0.3 is 0 Å². The summed E-state index contributed by atoms with van der Waals surface area (Å²) in [5.74, 6) is 0.308. The van der Waals surface area contributed by atoms with Gasteiger partial charge in [-0.05, 0) is 42.3 Å². The number of aliphatic hydroxyl groups is 2. The number of pyridine rings is 1. The van der Waals surface area contributed by atoms with Gasteiger partial charge in [-0.25, -0.2) is 4.98 Å². The van der Waals surface area contributed by atoms with Crippen LogP contribution in [0.25, 0.3) is 11.1 Å². The molecule has 0 saturated heterocycles. The fourth-order valence-electron chi connectivity index (χ4n) is 3.10. The highest BCUT2D eigenvalue weighted by Crippen LogP contribution is 2.24. The van der Waals surface area contributed by atoms with Gasteiger partial charge in [-0.2, -0.15) is 0 Å². The van der Waals surface area contributed by atoms with E-state index in [1.807, 2.05) is 30.1 Å². The first-order valence-electron chi connectivity index (χ1n) is 8.94. The van der Waals surface area contributed by atoms with E-state index in [0.717, 1.165) is 16.7 Å². The second kappa shape index (κ2) is 8.14. The fraction of sp³-hybridized carbons (Fsp3) is 0.238. The van der Waals surface area contributed by atoms with E-state index in [1.54, 1.807) is 31.3 Å². The molecular formula is C21H24N4O3. The van der Waals surface area contributed by atoms with E-state index in [-0.39, 0.29) is 24.8 Å². The topological polar surface area (TPSA) is 112 Å². The molecule has 0 unspecified atom stereocenters. The van der Waals surface area contributed by atoms with Gasteiger partial charge in [0.25, 0.3) is 5.91 Å². The SMILES string of the molecule is CC1=C(O)C(CO)=C(CNC(=O)c2ccc(-c3ccc(N)nc3)cc2)CN1C. The summed E-state index contributed by atoms with van der Waals surface area (Å²) >= 11 is 0. The third-order valence-corrected chi connectivity index (χ3v) is 4.94. The van der Waals surface area contributed by atoms with Gasteiger partial charge in [0, 0.05) is 43.0 Å². The van der Waals surface area contributed by atoms with Gasteiger partial charge in [-0.1, -0.05) is 12.1 Å². The highest BCUT2D eigenvalue weighted by molar-refractivity contribution is 5.94. The molecule has 0 fully saturated rings. The lowest BCUT2D eigenvalue weighted by Gasteiger charge is -2.29. The maximum Gasteiger partial charge on any atom is 0.251 e. The normalized spacial score (nSPS) is 14.5. The summed E-state index contributed by atoms with van der Waals surface area (Å²) in [7, 11) is 1.85. The molecule has 0 radical (unpaired) electrons. The van der Waals surface area contributed by atoms with Gasteiger partial charge in [-0.3, -0.25) is 4.79 Å². The number of nitrogens with one attached hydrogen (secondary N) is 1. The number of nitrogen functional groups attached to an aromatic ring is 1. The van der Waals surface area contributed by atoms with Gasteiger partial charge < -0.3 is 26.2 Å². The number of hydrogen-bond donors (Lipinski definition) is 4. The molecule has 2 heterocycles. The van der Waals surface area contributed by atoms with Crippen molar-refractivity contribution in [1.29, 1.82) is 0 Å². The zero-order valence-corrected chi connectivity index (χ0v) is 15.9. The molecule has 0 spiro atoms. The van der Waals surface area contributed by atoms with Crippen molar-refractivity contribution in [2.45, 2.75) is 6.92 Å². The Morgan fingerprint density at radius 2 is 1.89 bits per heavy atom. The minimum atomic E-state index is -0.271. The Hall–Kier alpha value is -3.32. The van der Waals surface area contributed by atoms with E-state index in [4.69, 9.17) is 5.73 Å². The van der Waals surface area contributed by atoms with E-state index in [2.05, 4.69) is 10.3 Å². The number of carbonyl (C=O) groups excluding carboxylic acids is 1. The third-order valence-electron chi connectivity index (χ3n) is 4.94. The zero-order chi connectivity index (χ0) is 20.3. The van der Waals surface area contributed by atoms with Gasteiger partial charge in [0.1, 0.15) is 11.6 Å². The maximum atomic E-state index is 12.5. The van der Waals surface area contributed by atoms with Crippen LogP contribution in [0.3, 0.4) is 0 Å². The summed E-state index contributed by atoms with van der Waals surface area (Å²) in [6, 6.07) is 10.8. The highest BCUT2D eigenvalue weighted by Gasteiger charge is 2.22. The molecule has 146 valence electrons. The molecule has 7 nitrogen and oxygen atoms in total. The average molecular weight is 380 g/mol. The standard InChI is InChI=1S/C21H24N4O3/c1-13-20(27)18(12-26)17(11-25(13)2)10-24-21(28)15-5-3-14(4-6-15)16-7-8-19(22)23-9-16/h3-9,26-27H,10-12H2,1-2H3,(H2,22,23)(H,24,28). The number of nitrogens with zero attached hydrogens (tertiary/aromatic N) is 2. The van der Waals surface area contributed by atoms with Crippen molar-refractivity contribution >= 4 is 11.7 Å². The zero-order valence-electron chi connectivity index (χ0n) is 15.9. The van der Waals surface area contributed by atoms with Gasteiger partial charge in [-0.15, -0.1) is 0 Å². The molecule has 0 bridgehead atoms. The summed E-state index contributed by atoms with van der Waals surface area (Å²) in [6.07, 6.45) is 1.69. The first-order chi connectivity index (χ1) is 13.4. The number of allylic oxidation sites excluding steroid dienone is 1. The Kier molecular flexibility index (Phi) is 5.65. The molecule has 1 aliphatic heterocycles. The van der Waals surface area contributed by atoms with Crippen LogP contribution in [0.1, 0.15) is 17.3 Å². The van der Waals surface area contributed by atoms with Crippen molar-refractivity contribution in [2.75, 3.05) is 32.5 Å². The van der Waals surface area contributed by atoms with E-state index in [1.165, 1.54) is 0 Å². The van der Waals surface area contributed by atoms with Gasteiger partial charge in [0.05, 0.1) is 12.3 Å². The smallest absolute Gasteiger partial charge is 0.251 e. The number of rotatable bonds is 5. The number of carbonyl (C=O) groups is 1. The van der Waals surface area contributed by atoms with Crippen molar-refractivity contribution < 1.29 is 15.0 Å². The number of benzene rings is 1. The number of aliphatic hydroxyl groups excluding tert-OH is 2. The summed E-state index contributed by atoms with van der Waals surface area (Å²) in [5, 5.41) is 22.6. The molecule has 0 saturated carbocycles. The molecule has 1 amide bonds. The highest BCUT2D eigenvalue weighted by atomic mass is 16.3. The molecule has 0 atom stereocenters. The van der Waals surface area contributed by atoms with Gasteiger partial charge in [0.2, 0.25) is 0 Å². The quantitative estimate of drug-likeness (QED) is 0.632. The summed E-state index contributed by atoms with van der Waals surface area (Å²) < 4.78 is 0. The molecule has 1 aliphatic rings. The second-order valence-corrected chi connectivity index (χ2v) is 6.76. The van der Waals surface area contributed by atoms with Crippen LogP contribution < -0.4 is 11.1 Å².